The highest BCUT2D eigenvalue weighted by atomic mass is 35.5. The van der Waals surface area contributed by atoms with Crippen molar-refractivity contribution in [3.8, 4) is 11.5 Å². The number of methoxy groups -OCH3 is 1. The first-order valence-corrected chi connectivity index (χ1v) is 7.51. The monoisotopic (exact) mass is 375 g/mol. The van der Waals surface area contributed by atoms with Crippen LogP contribution in [0.2, 0.25) is 10.0 Å². The average molecular weight is 376 g/mol. The Morgan fingerprint density at radius 2 is 1.88 bits per heavy atom. The van der Waals surface area contributed by atoms with Gasteiger partial charge in [0.25, 0.3) is 5.91 Å². The van der Waals surface area contributed by atoms with Crippen LogP contribution < -0.4 is 14.8 Å². The lowest BCUT2D eigenvalue weighted by molar-refractivity contribution is -0.0512. The molecule has 0 spiro atoms. The summed E-state index contributed by atoms with van der Waals surface area (Å²) in [7, 11) is 1.34. The minimum Gasteiger partial charge on any atom is -0.493 e. The van der Waals surface area contributed by atoms with Crippen LogP contribution in [0, 0.1) is 0 Å². The third-order valence-electron chi connectivity index (χ3n) is 3.08. The molecule has 0 heterocycles. The molecule has 24 heavy (non-hydrogen) atoms. The van der Waals surface area contributed by atoms with Gasteiger partial charge in [-0.25, -0.2) is 0 Å². The molecule has 2 aromatic carbocycles. The SMILES string of the molecule is COc1cc(CNC(=O)c2ccc(Cl)c(Cl)c2)ccc1OC(F)F. The van der Waals surface area contributed by atoms with Crippen LogP contribution in [0.15, 0.2) is 36.4 Å². The van der Waals surface area contributed by atoms with E-state index in [1.54, 1.807) is 12.1 Å². The van der Waals surface area contributed by atoms with Gasteiger partial charge in [-0.15, -0.1) is 0 Å². The quantitative estimate of drug-likeness (QED) is 0.806. The Hall–Kier alpha value is -2.05. The molecule has 4 nitrogen and oxygen atoms in total. The van der Waals surface area contributed by atoms with E-state index in [4.69, 9.17) is 27.9 Å². The maximum absolute atomic E-state index is 12.3. The lowest BCUT2D eigenvalue weighted by atomic mass is 10.1. The number of alkyl halides is 2. The number of carbonyl (C=O) groups excluding carboxylic acids is 1. The Kier molecular flexibility index (Phi) is 6.23. The summed E-state index contributed by atoms with van der Waals surface area (Å²) < 4.78 is 33.9. The molecule has 0 aromatic heterocycles. The molecule has 0 fully saturated rings. The van der Waals surface area contributed by atoms with Crippen molar-refractivity contribution in [1.29, 1.82) is 0 Å². The Morgan fingerprint density at radius 3 is 2.50 bits per heavy atom. The number of amides is 1. The smallest absolute Gasteiger partial charge is 0.387 e. The van der Waals surface area contributed by atoms with E-state index in [-0.39, 0.29) is 29.0 Å². The van der Waals surface area contributed by atoms with Gasteiger partial charge in [-0.05, 0) is 35.9 Å². The zero-order valence-corrected chi connectivity index (χ0v) is 14.0. The molecule has 0 bridgehead atoms. The second-order valence-corrected chi connectivity index (χ2v) is 5.49. The summed E-state index contributed by atoms with van der Waals surface area (Å²) >= 11 is 11.7. The minimum absolute atomic E-state index is 0.0768. The molecule has 2 aromatic rings. The van der Waals surface area contributed by atoms with Crippen LogP contribution in [0.1, 0.15) is 15.9 Å². The molecular formula is C16H13Cl2F2NO3. The number of ether oxygens (including phenoxy) is 2. The minimum atomic E-state index is -2.95. The van der Waals surface area contributed by atoms with Crippen LogP contribution in [-0.4, -0.2) is 19.6 Å². The van der Waals surface area contributed by atoms with Crippen molar-refractivity contribution in [2.75, 3.05) is 7.11 Å². The van der Waals surface area contributed by atoms with Crippen molar-refractivity contribution in [3.63, 3.8) is 0 Å². The molecule has 0 aliphatic heterocycles. The fourth-order valence-electron chi connectivity index (χ4n) is 1.94. The van der Waals surface area contributed by atoms with Gasteiger partial charge in [0.2, 0.25) is 0 Å². The summed E-state index contributed by atoms with van der Waals surface area (Å²) in [4.78, 5) is 12.1. The molecule has 0 unspecified atom stereocenters. The van der Waals surface area contributed by atoms with Gasteiger partial charge in [-0.2, -0.15) is 8.78 Å². The number of nitrogens with one attached hydrogen (secondary N) is 1. The highest BCUT2D eigenvalue weighted by Gasteiger charge is 2.12. The number of halogens is 4. The van der Waals surface area contributed by atoms with Gasteiger partial charge < -0.3 is 14.8 Å². The third kappa shape index (κ3) is 4.72. The van der Waals surface area contributed by atoms with Crippen molar-refractivity contribution in [1.82, 2.24) is 5.32 Å². The first-order chi connectivity index (χ1) is 11.4. The standard InChI is InChI=1S/C16H13Cl2F2NO3/c1-23-14-6-9(2-5-13(14)24-16(19)20)8-21-15(22)10-3-4-11(17)12(18)7-10/h2-7,16H,8H2,1H3,(H,21,22). The fourth-order valence-corrected chi connectivity index (χ4v) is 2.24. The predicted octanol–water partition coefficient (Wildman–Crippen LogP) is 4.53. The third-order valence-corrected chi connectivity index (χ3v) is 3.82. The van der Waals surface area contributed by atoms with E-state index in [0.29, 0.717) is 16.1 Å². The summed E-state index contributed by atoms with van der Waals surface area (Å²) in [6, 6.07) is 8.94. The first kappa shape index (κ1) is 18.3. The van der Waals surface area contributed by atoms with Crippen LogP contribution in [-0.2, 0) is 6.54 Å². The second-order valence-electron chi connectivity index (χ2n) is 4.68. The highest BCUT2D eigenvalue weighted by Crippen LogP contribution is 2.29. The van der Waals surface area contributed by atoms with Crippen molar-refractivity contribution in [2.24, 2.45) is 0 Å². The molecule has 0 saturated carbocycles. The predicted molar refractivity (Wildman–Crippen MR) is 87.3 cm³/mol. The van der Waals surface area contributed by atoms with Gasteiger partial charge in [0.15, 0.2) is 11.5 Å². The van der Waals surface area contributed by atoms with Gasteiger partial charge >= 0.3 is 6.61 Å². The van der Waals surface area contributed by atoms with Gasteiger partial charge in [0.05, 0.1) is 17.2 Å². The average Bonchev–Trinajstić information content (AvgIpc) is 2.55. The topological polar surface area (TPSA) is 47.6 Å². The highest BCUT2D eigenvalue weighted by molar-refractivity contribution is 6.42. The van der Waals surface area contributed by atoms with E-state index in [0.717, 1.165) is 0 Å². The molecule has 0 aliphatic carbocycles. The zero-order valence-electron chi connectivity index (χ0n) is 12.5. The Morgan fingerprint density at radius 1 is 1.12 bits per heavy atom. The normalized spacial score (nSPS) is 10.6. The van der Waals surface area contributed by atoms with Gasteiger partial charge in [0, 0.05) is 12.1 Å². The van der Waals surface area contributed by atoms with Crippen molar-refractivity contribution in [3.05, 3.63) is 57.6 Å². The zero-order chi connectivity index (χ0) is 17.7. The molecule has 0 aliphatic rings. The molecule has 1 amide bonds. The van der Waals surface area contributed by atoms with Crippen molar-refractivity contribution < 1.29 is 23.0 Å². The summed E-state index contributed by atoms with van der Waals surface area (Å²) in [6.07, 6.45) is 0. The summed E-state index contributed by atoms with van der Waals surface area (Å²) in [6.45, 7) is -2.77. The Bertz CT molecular complexity index is 741. The van der Waals surface area contributed by atoms with Gasteiger partial charge in [0.1, 0.15) is 0 Å². The molecule has 0 atom stereocenters. The number of benzene rings is 2. The van der Waals surface area contributed by atoms with E-state index >= 15 is 0 Å². The van der Waals surface area contributed by atoms with E-state index < -0.39 is 6.61 Å². The lowest BCUT2D eigenvalue weighted by Crippen LogP contribution is -2.22. The molecule has 0 radical (unpaired) electrons. The van der Waals surface area contributed by atoms with Crippen LogP contribution in [0.25, 0.3) is 0 Å². The van der Waals surface area contributed by atoms with Crippen LogP contribution in [0.4, 0.5) is 8.78 Å². The Labute approximate surface area is 147 Å². The van der Waals surface area contributed by atoms with Crippen molar-refractivity contribution in [2.45, 2.75) is 13.2 Å². The lowest BCUT2D eigenvalue weighted by Gasteiger charge is -2.12. The molecular weight excluding hydrogens is 363 g/mol. The molecule has 2 rings (SSSR count). The van der Waals surface area contributed by atoms with E-state index in [9.17, 15) is 13.6 Å². The van der Waals surface area contributed by atoms with Crippen LogP contribution in [0.5, 0.6) is 11.5 Å². The number of carbonyl (C=O) groups is 1. The first-order valence-electron chi connectivity index (χ1n) is 6.75. The number of hydrogen-bond donors (Lipinski definition) is 1. The maximum atomic E-state index is 12.3. The van der Waals surface area contributed by atoms with E-state index in [2.05, 4.69) is 10.1 Å². The van der Waals surface area contributed by atoms with Gasteiger partial charge in [-0.3, -0.25) is 4.79 Å². The fraction of sp³-hybridized carbons (Fsp3) is 0.188. The van der Waals surface area contributed by atoms with E-state index in [1.807, 2.05) is 0 Å². The van der Waals surface area contributed by atoms with Crippen molar-refractivity contribution >= 4 is 29.1 Å². The summed E-state index contributed by atoms with van der Waals surface area (Å²) in [5.41, 5.74) is 1.01. The molecule has 8 heteroatoms. The van der Waals surface area contributed by atoms with E-state index in [1.165, 1.54) is 31.4 Å². The van der Waals surface area contributed by atoms with Crippen LogP contribution in [0.3, 0.4) is 0 Å². The Balaban J connectivity index is 2.05. The molecule has 1 N–H and O–H groups in total. The number of rotatable bonds is 6. The van der Waals surface area contributed by atoms with Gasteiger partial charge in [-0.1, -0.05) is 29.3 Å². The molecule has 128 valence electrons. The molecule has 0 saturated heterocycles. The number of hydrogen-bond acceptors (Lipinski definition) is 3. The maximum Gasteiger partial charge on any atom is 0.387 e. The van der Waals surface area contributed by atoms with Crippen LogP contribution >= 0.6 is 23.2 Å². The summed E-state index contributed by atoms with van der Waals surface area (Å²) in [5.74, 6) is -0.274. The second kappa shape index (κ2) is 8.17. The summed E-state index contributed by atoms with van der Waals surface area (Å²) in [5, 5.41) is 3.32. The largest absolute Gasteiger partial charge is 0.493 e.